The Morgan fingerprint density at radius 2 is 1.68 bits per heavy atom. The van der Waals surface area contributed by atoms with Crippen LogP contribution in [0.4, 0.5) is 0 Å². The van der Waals surface area contributed by atoms with E-state index in [2.05, 4.69) is 16.7 Å². The fourth-order valence-electron chi connectivity index (χ4n) is 4.03. The lowest BCUT2D eigenvalue weighted by molar-refractivity contribution is -0.136. The number of hydrogen-bond donors (Lipinski definition) is 1. The quantitative estimate of drug-likeness (QED) is 0.644. The fraction of sp³-hybridized carbons (Fsp3) is 0.292. The molecule has 0 radical (unpaired) electrons. The van der Waals surface area contributed by atoms with Crippen molar-refractivity contribution < 1.29 is 13.2 Å². The maximum atomic E-state index is 13.0. The Kier molecular flexibility index (Phi) is 6.36. The lowest BCUT2D eigenvalue weighted by Gasteiger charge is -2.40. The molecule has 0 saturated carbocycles. The molecular weight excluding hydrogens is 410 g/mol. The molecule has 1 atom stereocenters. The highest BCUT2D eigenvalue weighted by Crippen LogP contribution is 2.25. The highest BCUT2D eigenvalue weighted by molar-refractivity contribution is 7.89. The number of carbonyl (C=O) groups is 1. The smallest absolute Gasteiger partial charge is 0.240 e. The monoisotopic (exact) mass is 437 g/mol. The molecule has 0 aromatic heterocycles. The van der Waals surface area contributed by atoms with Crippen LogP contribution >= 0.6 is 0 Å². The summed E-state index contributed by atoms with van der Waals surface area (Å²) in [5.41, 5.74) is 1.10. The van der Waals surface area contributed by atoms with Crippen molar-refractivity contribution in [1.29, 1.82) is 0 Å². The van der Waals surface area contributed by atoms with Gasteiger partial charge in [0.1, 0.15) is 0 Å². The van der Waals surface area contributed by atoms with E-state index in [0.717, 1.165) is 29.4 Å². The first-order valence-corrected chi connectivity index (χ1v) is 11.9. The van der Waals surface area contributed by atoms with Gasteiger partial charge in [-0.15, -0.1) is 0 Å². The summed E-state index contributed by atoms with van der Waals surface area (Å²) in [7, 11) is -1.63. The van der Waals surface area contributed by atoms with E-state index in [1.54, 1.807) is 18.2 Å². The molecule has 1 unspecified atom stereocenters. The first-order valence-electron chi connectivity index (χ1n) is 10.5. The minimum atomic E-state index is -3.68. The zero-order valence-electron chi connectivity index (χ0n) is 17.6. The van der Waals surface area contributed by atoms with Crippen LogP contribution in [0.2, 0.25) is 0 Å². The minimum Gasteiger partial charge on any atom is -0.333 e. The molecule has 3 aromatic carbocycles. The molecular formula is C24H27N3O3S. The molecule has 1 amide bonds. The molecule has 1 aliphatic rings. The summed E-state index contributed by atoms with van der Waals surface area (Å²) in [6.07, 6.45) is 0.125. The van der Waals surface area contributed by atoms with Gasteiger partial charge < -0.3 is 9.80 Å². The van der Waals surface area contributed by atoms with Crippen LogP contribution in [0.1, 0.15) is 18.0 Å². The van der Waals surface area contributed by atoms with Crippen molar-refractivity contribution in [2.75, 3.05) is 33.2 Å². The fourth-order valence-corrected chi connectivity index (χ4v) is 5.10. The van der Waals surface area contributed by atoms with Gasteiger partial charge >= 0.3 is 0 Å². The van der Waals surface area contributed by atoms with Gasteiger partial charge in [-0.25, -0.2) is 13.1 Å². The van der Waals surface area contributed by atoms with Crippen LogP contribution in [0.15, 0.2) is 77.7 Å². The SMILES string of the molecule is CN1CCN(C(=O)CCNS(=O)(=O)c2ccc3ccccc3c2)C(c2ccccc2)C1. The lowest BCUT2D eigenvalue weighted by atomic mass is 10.0. The molecule has 1 saturated heterocycles. The van der Waals surface area contributed by atoms with E-state index in [0.29, 0.717) is 6.54 Å². The summed E-state index contributed by atoms with van der Waals surface area (Å²) in [6, 6.07) is 22.6. The molecule has 1 fully saturated rings. The Labute approximate surface area is 183 Å². The summed E-state index contributed by atoms with van der Waals surface area (Å²) >= 11 is 0. The van der Waals surface area contributed by atoms with Crippen molar-refractivity contribution in [2.45, 2.75) is 17.4 Å². The highest BCUT2D eigenvalue weighted by Gasteiger charge is 2.30. The summed E-state index contributed by atoms with van der Waals surface area (Å²) in [5.74, 6) is -0.0387. The van der Waals surface area contributed by atoms with Crippen LogP contribution in [0.25, 0.3) is 10.8 Å². The van der Waals surface area contributed by atoms with E-state index < -0.39 is 10.0 Å². The van der Waals surface area contributed by atoms with Crippen LogP contribution in [-0.4, -0.2) is 57.4 Å². The summed E-state index contributed by atoms with van der Waals surface area (Å²) < 4.78 is 28.0. The van der Waals surface area contributed by atoms with Crippen LogP contribution in [0.5, 0.6) is 0 Å². The van der Waals surface area contributed by atoms with Gasteiger partial charge in [0.2, 0.25) is 15.9 Å². The number of nitrogens with one attached hydrogen (secondary N) is 1. The Morgan fingerprint density at radius 1 is 0.968 bits per heavy atom. The van der Waals surface area contributed by atoms with Crippen LogP contribution < -0.4 is 4.72 Å². The molecule has 4 rings (SSSR count). The maximum absolute atomic E-state index is 13.0. The summed E-state index contributed by atoms with van der Waals surface area (Å²) in [5, 5.41) is 1.85. The molecule has 1 heterocycles. The van der Waals surface area contributed by atoms with Crippen molar-refractivity contribution >= 4 is 26.7 Å². The number of fused-ring (bicyclic) bond motifs is 1. The molecule has 1 N–H and O–H groups in total. The van der Waals surface area contributed by atoms with E-state index in [4.69, 9.17) is 0 Å². The number of piperazine rings is 1. The molecule has 31 heavy (non-hydrogen) atoms. The Hall–Kier alpha value is -2.74. The van der Waals surface area contributed by atoms with Crippen molar-refractivity contribution in [2.24, 2.45) is 0 Å². The highest BCUT2D eigenvalue weighted by atomic mass is 32.2. The van der Waals surface area contributed by atoms with Gasteiger partial charge in [-0.3, -0.25) is 4.79 Å². The van der Waals surface area contributed by atoms with Crippen molar-refractivity contribution in [3.05, 3.63) is 78.4 Å². The zero-order valence-corrected chi connectivity index (χ0v) is 18.4. The third-order valence-corrected chi connectivity index (χ3v) is 7.21. The van der Waals surface area contributed by atoms with Crippen LogP contribution in [0.3, 0.4) is 0 Å². The van der Waals surface area contributed by atoms with E-state index in [-0.39, 0.29) is 29.8 Å². The number of benzene rings is 3. The van der Waals surface area contributed by atoms with Crippen molar-refractivity contribution in [3.8, 4) is 0 Å². The maximum Gasteiger partial charge on any atom is 0.240 e. The van der Waals surface area contributed by atoms with E-state index >= 15 is 0 Å². The number of rotatable bonds is 6. The second-order valence-corrected chi connectivity index (χ2v) is 9.70. The predicted octanol–water partition coefficient (Wildman–Crippen LogP) is 3.02. The van der Waals surface area contributed by atoms with Gasteiger partial charge in [0.15, 0.2) is 0 Å². The van der Waals surface area contributed by atoms with Gasteiger partial charge in [-0.2, -0.15) is 0 Å². The molecule has 162 valence electrons. The third kappa shape index (κ3) is 4.95. The predicted molar refractivity (Wildman–Crippen MR) is 122 cm³/mol. The Balaban J connectivity index is 1.41. The van der Waals surface area contributed by atoms with Gasteiger partial charge in [0.25, 0.3) is 0 Å². The molecule has 6 nitrogen and oxygen atoms in total. The van der Waals surface area contributed by atoms with Crippen molar-refractivity contribution in [3.63, 3.8) is 0 Å². The molecule has 7 heteroatoms. The molecule has 0 bridgehead atoms. The second-order valence-electron chi connectivity index (χ2n) is 7.93. The summed E-state index contributed by atoms with van der Waals surface area (Å²) in [4.78, 5) is 17.3. The number of amides is 1. The number of likely N-dealkylation sites (N-methyl/N-ethyl adjacent to an activating group) is 1. The Bertz CT molecular complexity index is 1160. The third-order valence-electron chi connectivity index (χ3n) is 5.75. The number of hydrogen-bond acceptors (Lipinski definition) is 4. The van der Waals surface area contributed by atoms with E-state index in [9.17, 15) is 13.2 Å². The number of sulfonamides is 1. The minimum absolute atomic E-state index is 0.0236. The molecule has 1 aliphatic heterocycles. The first-order chi connectivity index (χ1) is 14.9. The zero-order chi connectivity index (χ0) is 21.8. The average Bonchev–Trinajstić information content (AvgIpc) is 2.79. The number of nitrogens with zero attached hydrogens (tertiary/aromatic N) is 2. The van der Waals surface area contributed by atoms with Gasteiger partial charge in [0.05, 0.1) is 10.9 Å². The molecule has 0 aliphatic carbocycles. The largest absolute Gasteiger partial charge is 0.333 e. The summed E-state index contributed by atoms with van der Waals surface area (Å²) in [6.45, 7) is 2.27. The topological polar surface area (TPSA) is 69.7 Å². The van der Waals surface area contributed by atoms with Gasteiger partial charge in [-0.1, -0.05) is 60.7 Å². The van der Waals surface area contributed by atoms with E-state index in [1.807, 2.05) is 59.5 Å². The lowest BCUT2D eigenvalue weighted by Crippen LogP contribution is -2.49. The normalized spacial score (nSPS) is 17.7. The van der Waals surface area contributed by atoms with Crippen LogP contribution in [0, 0.1) is 0 Å². The van der Waals surface area contributed by atoms with Gasteiger partial charge in [-0.05, 0) is 35.5 Å². The van der Waals surface area contributed by atoms with Gasteiger partial charge in [0, 0.05) is 32.6 Å². The number of carbonyl (C=O) groups excluding carboxylic acids is 1. The molecule has 0 spiro atoms. The Morgan fingerprint density at radius 3 is 2.45 bits per heavy atom. The van der Waals surface area contributed by atoms with E-state index in [1.165, 1.54) is 0 Å². The van der Waals surface area contributed by atoms with Crippen LogP contribution in [-0.2, 0) is 14.8 Å². The standard InChI is InChI=1S/C24H27N3O3S/c1-26-15-16-27(23(18-26)20-8-3-2-4-9-20)24(28)13-14-25-31(29,30)22-12-11-19-7-5-6-10-21(19)17-22/h2-12,17,23,25H,13-16,18H2,1H3. The molecule has 3 aromatic rings. The second kappa shape index (κ2) is 9.18. The first kappa shape index (κ1) is 21.5. The van der Waals surface area contributed by atoms with Crippen molar-refractivity contribution in [1.82, 2.24) is 14.5 Å². The average molecular weight is 438 g/mol.